The molecule has 0 radical (unpaired) electrons. The Morgan fingerprint density at radius 3 is 2.46 bits per heavy atom. The van der Waals surface area contributed by atoms with Gasteiger partial charge in [0.25, 0.3) is 0 Å². The van der Waals surface area contributed by atoms with Crippen molar-refractivity contribution in [1.82, 2.24) is 14.1 Å². The molecule has 0 spiro atoms. The fourth-order valence-electron chi connectivity index (χ4n) is 3.58. The number of nitrogens with zero attached hydrogens (tertiary/aromatic N) is 4. The third-order valence-corrected chi connectivity index (χ3v) is 8.54. The van der Waals surface area contributed by atoms with Crippen LogP contribution >= 0.6 is 23.2 Å². The molecule has 13 heteroatoms. The lowest BCUT2D eigenvalue weighted by Crippen LogP contribution is -2.33. The molecule has 0 aromatic heterocycles. The van der Waals surface area contributed by atoms with Crippen LogP contribution in [0.1, 0.15) is 16.7 Å². The van der Waals surface area contributed by atoms with E-state index in [4.69, 9.17) is 27.9 Å². The number of aryl methyl sites for hydroxylation is 1. The predicted molar refractivity (Wildman–Crippen MR) is 141 cm³/mol. The molecule has 2 aromatic rings. The van der Waals surface area contributed by atoms with Gasteiger partial charge in [0, 0.05) is 37.8 Å². The summed E-state index contributed by atoms with van der Waals surface area (Å²) in [5, 5.41) is 9.68. The highest BCUT2D eigenvalue weighted by Crippen LogP contribution is 2.29. The van der Waals surface area contributed by atoms with E-state index in [0.29, 0.717) is 41.6 Å². The van der Waals surface area contributed by atoms with Crippen LogP contribution in [-0.4, -0.2) is 92.4 Å². The maximum atomic E-state index is 12.8. The molecule has 10 nitrogen and oxygen atoms in total. The summed E-state index contributed by atoms with van der Waals surface area (Å²) in [6.45, 7) is 2.59. The molecule has 1 N–H and O–H groups in total. The Kier molecular flexibility index (Phi) is 9.54. The highest BCUT2D eigenvalue weighted by molar-refractivity contribution is 7.89. The molecular weight excluding hydrogens is 543 g/mol. The highest BCUT2D eigenvalue weighted by Gasteiger charge is 2.25. The highest BCUT2D eigenvalue weighted by atomic mass is 35.5. The molecule has 1 heterocycles. The van der Waals surface area contributed by atoms with Crippen LogP contribution in [0.15, 0.2) is 46.3 Å². The van der Waals surface area contributed by atoms with Gasteiger partial charge in [-0.1, -0.05) is 47.5 Å². The van der Waals surface area contributed by atoms with E-state index in [2.05, 4.69) is 4.99 Å². The van der Waals surface area contributed by atoms with E-state index in [9.17, 15) is 23.1 Å². The van der Waals surface area contributed by atoms with Gasteiger partial charge < -0.3 is 14.7 Å². The van der Waals surface area contributed by atoms with E-state index in [0.717, 1.165) is 9.87 Å². The van der Waals surface area contributed by atoms with Crippen LogP contribution in [0.3, 0.4) is 0 Å². The van der Waals surface area contributed by atoms with Gasteiger partial charge in [-0.15, -0.1) is 0 Å². The monoisotopic (exact) mass is 570 g/mol. The van der Waals surface area contributed by atoms with Crippen molar-refractivity contribution >= 4 is 51.1 Å². The summed E-state index contributed by atoms with van der Waals surface area (Å²) in [7, 11) is -0.822. The average Bonchev–Trinajstić information content (AvgIpc) is 3.34. The topological polar surface area (TPSA) is 120 Å². The van der Waals surface area contributed by atoms with Crippen molar-refractivity contribution in [3.63, 3.8) is 0 Å². The number of benzene rings is 2. The minimum atomic E-state index is -3.86. The number of amides is 2. The molecule has 3 rings (SSSR count). The minimum absolute atomic E-state index is 0.0103. The zero-order valence-corrected chi connectivity index (χ0v) is 23.0. The second kappa shape index (κ2) is 12.2. The zero-order valence-electron chi connectivity index (χ0n) is 20.6. The third-order valence-electron chi connectivity index (χ3n) is 5.81. The van der Waals surface area contributed by atoms with Crippen LogP contribution < -0.4 is 0 Å². The van der Waals surface area contributed by atoms with Gasteiger partial charge in [0.2, 0.25) is 15.9 Å². The molecule has 0 fully saturated rings. The van der Waals surface area contributed by atoms with Gasteiger partial charge in [0.1, 0.15) is 17.3 Å². The SMILES string of the molecule is Cc1cc(S(=O)(=O)N(C)CCOCC(=O)N(C)Cc2ccc(C3=NCCN3C(=O)O)cc2)c(Cl)cc1Cl. The normalized spacial score (nSPS) is 13.7. The summed E-state index contributed by atoms with van der Waals surface area (Å²) < 4.78 is 32.2. The molecule has 0 atom stereocenters. The number of carbonyl (C=O) groups excluding carboxylic acids is 1. The van der Waals surface area contributed by atoms with E-state index in [1.165, 1.54) is 29.0 Å². The van der Waals surface area contributed by atoms with Crippen molar-refractivity contribution in [2.75, 3.05) is 46.9 Å². The number of rotatable bonds is 10. The maximum Gasteiger partial charge on any atom is 0.413 e. The van der Waals surface area contributed by atoms with Gasteiger partial charge in [-0.25, -0.2) is 13.2 Å². The number of sulfonamides is 1. The fourth-order valence-corrected chi connectivity index (χ4v) is 5.54. The van der Waals surface area contributed by atoms with Crippen molar-refractivity contribution in [1.29, 1.82) is 0 Å². The fraction of sp³-hybridized carbons (Fsp3) is 0.375. The van der Waals surface area contributed by atoms with Crippen molar-refractivity contribution in [3.05, 3.63) is 63.1 Å². The third kappa shape index (κ3) is 6.99. The second-order valence-electron chi connectivity index (χ2n) is 8.50. The number of hydrogen-bond donors (Lipinski definition) is 1. The van der Waals surface area contributed by atoms with Crippen molar-refractivity contribution in [2.45, 2.75) is 18.4 Å². The number of halogens is 2. The Morgan fingerprint density at radius 1 is 1.14 bits per heavy atom. The van der Waals surface area contributed by atoms with Gasteiger partial charge in [-0.05, 0) is 30.2 Å². The smallest absolute Gasteiger partial charge is 0.413 e. The van der Waals surface area contributed by atoms with Gasteiger partial charge in [0.15, 0.2) is 0 Å². The Bertz CT molecular complexity index is 1300. The summed E-state index contributed by atoms with van der Waals surface area (Å²) in [6.07, 6.45) is -1.04. The van der Waals surface area contributed by atoms with Gasteiger partial charge in [-0.3, -0.25) is 14.7 Å². The molecule has 2 amide bonds. The van der Waals surface area contributed by atoms with Crippen molar-refractivity contribution < 1.29 is 27.9 Å². The lowest BCUT2D eigenvalue weighted by atomic mass is 10.1. The minimum Gasteiger partial charge on any atom is -0.465 e. The van der Waals surface area contributed by atoms with Crippen molar-refractivity contribution in [3.8, 4) is 0 Å². The summed E-state index contributed by atoms with van der Waals surface area (Å²) in [4.78, 5) is 30.7. The molecule has 0 saturated heterocycles. The van der Waals surface area contributed by atoms with Crippen LogP contribution in [0.2, 0.25) is 10.0 Å². The molecular formula is C24H28Cl2N4O6S. The summed E-state index contributed by atoms with van der Waals surface area (Å²) in [6, 6.07) is 9.98. The molecule has 0 saturated carbocycles. The lowest BCUT2D eigenvalue weighted by Gasteiger charge is -2.20. The quantitative estimate of drug-likeness (QED) is 0.437. The Labute approximate surface area is 226 Å². The second-order valence-corrected chi connectivity index (χ2v) is 11.3. The van der Waals surface area contributed by atoms with Crippen LogP contribution in [-0.2, 0) is 26.1 Å². The Morgan fingerprint density at radius 2 is 1.81 bits per heavy atom. The number of aliphatic imine (C=N–C) groups is 1. The molecule has 37 heavy (non-hydrogen) atoms. The maximum absolute atomic E-state index is 12.8. The van der Waals surface area contributed by atoms with Crippen LogP contribution in [0.5, 0.6) is 0 Å². The molecule has 0 bridgehead atoms. The largest absolute Gasteiger partial charge is 0.465 e. The first-order valence-corrected chi connectivity index (χ1v) is 13.5. The Balaban J connectivity index is 1.47. The number of carboxylic acid groups (broad SMARTS) is 1. The summed E-state index contributed by atoms with van der Waals surface area (Å²) >= 11 is 12.1. The van der Waals surface area contributed by atoms with Gasteiger partial charge in [-0.2, -0.15) is 4.31 Å². The van der Waals surface area contributed by atoms with E-state index in [-0.39, 0.29) is 35.6 Å². The number of amidine groups is 1. The Hall–Kier alpha value is -2.70. The van der Waals surface area contributed by atoms with E-state index in [1.807, 2.05) is 12.1 Å². The number of ether oxygens (including phenoxy) is 1. The average molecular weight is 571 g/mol. The van der Waals surface area contributed by atoms with Gasteiger partial charge in [0.05, 0.1) is 24.7 Å². The summed E-state index contributed by atoms with van der Waals surface area (Å²) in [5.74, 6) is 0.139. The van der Waals surface area contributed by atoms with Crippen LogP contribution in [0, 0.1) is 6.92 Å². The first-order chi connectivity index (χ1) is 17.4. The standard InChI is InChI=1S/C24H28Cl2N4O6S/c1-16-12-21(20(26)13-19(16)25)37(34,35)29(3)10-11-36-15-22(31)28(2)14-17-4-6-18(7-5-17)23-27-8-9-30(23)24(32)33/h4-7,12-13H,8-11,14-15H2,1-3H3,(H,32,33). The predicted octanol–water partition coefficient (Wildman–Crippen LogP) is 3.34. The van der Waals surface area contributed by atoms with Crippen molar-refractivity contribution in [2.24, 2.45) is 4.99 Å². The van der Waals surface area contributed by atoms with E-state index in [1.54, 1.807) is 26.1 Å². The van der Waals surface area contributed by atoms with Crippen LogP contribution in [0.4, 0.5) is 4.79 Å². The molecule has 0 unspecified atom stereocenters. The molecule has 1 aliphatic heterocycles. The van der Waals surface area contributed by atoms with E-state index < -0.39 is 16.1 Å². The lowest BCUT2D eigenvalue weighted by molar-refractivity contribution is -0.135. The van der Waals surface area contributed by atoms with E-state index >= 15 is 0 Å². The first kappa shape index (κ1) is 28.9. The zero-order chi connectivity index (χ0) is 27.3. The molecule has 2 aromatic carbocycles. The molecule has 200 valence electrons. The molecule has 0 aliphatic carbocycles. The number of likely N-dealkylation sites (N-methyl/N-ethyl adjacent to an activating group) is 2. The van der Waals surface area contributed by atoms with Crippen LogP contribution in [0.25, 0.3) is 0 Å². The first-order valence-electron chi connectivity index (χ1n) is 11.3. The number of hydrogen-bond acceptors (Lipinski definition) is 6. The summed E-state index contributed by atoms with van der Waals surface area (Å²) in [5.41, 5.74) is 2.13. The van der Waals surface area contributed by atoms with Gasteiger partial charge >= 0.3 is 6.09 Å². The molecule has 1 aliphatic rings. The number of carbonyl (C=O) groups is 2.